The second-order valence-corrected chi connectivity index (χ2v) is 2.43. The van der Waals surface area contributed by atoms with Gasteiger partial charge in [0.25, 0.3) is 0 Å². The number of rotatable bonds is 5. The van der Waals surface area contributed by atoms with E-state index in [0.29, 0.717) is 0 Å². The van der Waals surface area contributed by atoms with Gasteiger partial charge in [0.1, 0.15) is 0 Å². The third-order valence-corrected chi connectivity index (χ3v) is 1.26. The summed E-state index contributed by atoms with van der Waals surface area (Å²) >= 11 is 0. The SMILES string of the molecule is C=CC(=O)NCCO[PH](=O)O. The molecule has 0 aliphatic heterocycles. The summed E-state index contributed by atoms with van der Waals surface area (Å²) in [4.78, 5) is 18.6. The van der Waals surface area contributed by atoms with Gasteiger partial charge in [-0.25, -0.2) is 0 Å². The minimum absolute atomic E-state index is 0.0356. The van der Waals surface area contributed by atoms with E-state index >= 15 is 0 Å². The van der Waals surface area contributed by atoms with E-state index in [1.54, 1.807) is 0 Å². The van der Waals surface area contributed by atoms with Crippen molar-refractivity contribution in [1.82, 2.24) is 5.32 Å². The van der Waals surface area contributed by atoms with E-state index in [4.69, 9.17) is 4.89 Å². The molecule has 11 heavy (non-hydrogen) atoms. The molecule has 2 N–H and O–H groups in total. The zero-order valence-corrected chi connectivity index (χ0v) is 6.87. The lowest BCUT2D eigenvalue weighted by Gasteiger charge is -2.00. The molecule has 0 rings (SSSR count). The molecule has 0 heterocycles. The van der Waals surface area contributed by atoms with Crippen LogP contribution >= 0.6 is 8.25 Å². The van der Waals surface area contributed by atoms with Gasteiger partial charge in [-0.1, -0.05) is 6.58 Å². The molecule has 0 aromatic carbocycles. The summed E-state index contributed by atoms with van der Waals surface area (Å²) < 4.78 is 14.2. The van der Waals surface area contributed by atoms with Crippen LogP contribution in [0.15, 0.2) is 12.7 Å². The van der Waals surface area contributed by atoms with Crippen LogP contribution < -0.4 is 5.32 Å². The maximum absolute atomic E-state index is 10.4. The van der Waals surface area contributed by atoms with Gasteiger partial charge >= 0.3 is 8.25 Å². The second kappa shape index (κ2) is 6.09. The van der Waals surface area contributed by atoms with Gasteiger partial charge in [-0.05, 0) is 6.08 Å². The molecule has 0 saturated heterocycles. The Morgan fingerprint density at radius 3 is 2.91 bits per heavy atom. The molecule has 0 aromatic heterocycles. The Labute approximate surface area is 65.0 Å². The molecule has 0 radical (unpaired) electrons. The molecule has 0 bridgehead atoms. The molecule has 0 fully saturated rings. The fourth-order valence-electron chi connectivity index (χ4n) is 0.385. The van der Waals surface area contributed by atoms with E-state index in [1.165, 1.54) is 0 Å². The normalized spacial score (nSPS) is 12.1. The minimum atomic E-state index is -2.87. The average Bonchev–Trinajstić information content (AvgIpc) is 1.97. The monoisotopic (exact) mass is 179 g/mol. The number of carbonyl (C=O) groups is 1. The van der Waals surface area contributed by atoms with Crippen molar-refractivity contribution in [3.8, 4) is 0 Å². The lowest BCUT2D eigenvalue weighted by molar-refractivity contribution is -0.116. The Balaban J connectivity index is 3.21. The van der Waals surface area contributed by atoms with Crippen LogP contribution in [-0.2, 0) is 13.9 Å². The number of carbonyl (C=O) groups excluding carboxylic acids is 1. The van der Waals surface area contributed by atoms with Crippen LogP contribution in [0.3, 0.4) is 0 Å². The Morgan fingerprint density at radius 2 is 2.45 bits per heavy atom. The zero-order chi connectivity index (χ0) is 8.69. The highest BCUT2D eigenvalue weighted by Crippen LogP contribution is 2.12. The van der Waals surface area contributed by atoms with E-state index in [0.717, 1.165) is 6.08 Å². The van der Waals surface area contributed by atoms with Gasteiger partial charge in [0.15, 0.2) is 0 Å². The van der Waals surface area contributed by atoms with Crippen LogP contribution in [0.5, 0.6) is 0 Å². The van der Waals surface area contributed by atoms with E-state index < -0.39 is 8.25 Å². The summed E-state index contributed by atoms with van der Waals surface area (Å²) in [5.74, 6) is -0.328. The smallest absolute Gasteiger partial charge is 0.316 e. The molecule has 0 aromatic rings. The zero-order valence-electron chi connectivity index (χ0n) is 5.87. The van der Waals surface area contributed by atoms with Gasteiger partial charge in [-0.3, -0.25) is 9.36 Å². The maximum atomic E-state index is 10.4. The molecule has 0 spiro atoms. The fourth-order valence-corrected chi connectivity index (χ4v) is 0.661. The second-order valence-electron chi connectivity index (χ2n) is 1.61. The largest absolute Gasteiger partial charge is 0.350 e. The molecule has 5 nitrogen and oxygen atoms in total. The maximum Gasteiger partial charge on any atom is 0.316 e. The van der Waals surface area contributed by atoms with Crippen molar-refractivity contribution >= 4 is 14.2 Å². The van der Waals surface area contributed by atoms with E-state index in [1.807, 2.05) is 0 Å². The third-order valence-electron chi connectivity index (χ3n) is 0.812. The van der Waals surface area contributed by atoms with Crippen molar-refractivity contribution in [1.29, 1.82) is 0 Å². The van der Waals surface area contributed by atoms with Gasteiger partial charge in [0.2, 0.25) is 5.91 Å². The summed E-state index contributed by atoms with van der Waals surface area (Å²) in [6.45, 7) is 3.46. The number of hydrogen-bond acceptors (Lipinski definition) is 3. The first-order valence-corrected chi connectivity index (χ1v) is 4.19. The molecule has 1 unspecified atom stereocenters. The first-order chi connectivity index (χ1) is 5.16. The Kier molecular flexibility index (Phi) is 5.74. The third kappa shape index (κ3) is 7.25. The minimum Gasteiger partial charge on any atom is -0.350 e. The molecule has 0 saturated carbocycles. The summed E-state index contributed by atoms with van der Waals surface area (Å²) in [6, 6.07) is 0. The van der Waals surface area contributed by atoms with Crippen LogP contribution in [0.1, 0.15) is 0 Å². The molecular formula is C5H10NO4P. The van der Waals surface area contributed by atoms with Crippen LogP contribution in [-0.4, -0.2) is 24.0 Å². The molecular weight excluding hydrogens is 169 g/mol. The van der Waals surface area contributed by atoms with Crippen molar-refractivity contribution < 1.29 is 18.8 Å². The highest BCUT2D eigenvalue weighted by atomic mass is 31.1. The molecule has 0 aliphatic rings. The van der Waals surface area contributed by atoms with Crippen LogP contribution in [0.4, 0.5) is 0 Å². The van der Waals surface area contributed by atoms with Gasteiger partial charge in [0, 0.05) is 6.54 Å². The lowest BCUT2D eigenvalue weighted by Crippen LogP contribution is -2.24. The van der Waals surface area contributed by atoms with Crippen molar-refractivity contribution in [2.24, 2.45) is 0 Å². The highest BCUT2D eigenvalue weighted by Gasteiger charge is 1.93. The number of nitrogens with one attached hydrogen (secondary N) is 1. The predicted molar refractivity (Wildman–Crippen MR) is 40.4 cm³/mol. The van der Waals surface area contributed by atoms with Crippen molar-refractivity contribution in [2.45, 2.75) is 0 Å². The Hall–Kier alpha value is -0.640. The fraction of sp³-hybridized carbons (Fsp3) is 0.400. The summed E-state index contributed by atoms with van der Waals surface area (Å²) in [5, 5.41) is 2.37. The van der Waals surface area contributed by atoms with Crippen molar-refractivity contribution in [3.05, 3.63) is 12.7 Å². The van der Waals surface area contributed by atoms with E-state index in [9.17, 15) is 9.36 Å². The van der Waals surface area contributed by atoms with Gasteiger partial charge in [-0.2, -0.15) is 0 Å². The first-order valence-electron chi connectivity index (χ1n) is 2.93. The predicted octanol–water partition coefficient (Wildman–Crippen LogP) is -0.313. The van der Waals surface area contributed by atoms with E-state index in [-0.39, 0.29) is 19.1 Å². The van der Waals surface area contributed by atoms with Crippen LogP contribution in [0.25, 0.3) is 0 Å². The first kappa shape index (κ1) is 10.4. The molecule has 0 aliphatic carbocycles. The van der Waals surface area contributed by atoms with Crippen molar-refractivity contribution in [3.63, 3.8) is 0 Å². The Bertz CT molecular complexity index is 170. The quantitative estimate of drug-likeness (QED) is 0.344. The molecule has 6 heteroatoms. The van der Waals surface area contributed by atoms with Gasteiger partial charge in [0.05, 0.1) is 6.61 Å². The van der Waals surface area contributed by atoms with Crippen LogP contribution in [0.2, 0.25) is 0 Å². The standard InChI is InChI=1S/C5H10NO4P/c1-2-5(7)6-3-4-10-11(8)9/h2,11H,1,3-4H2,(H,6,7)(H,8,9). The topological polar surface area (TPSA) is 75.6 Å². The van der Waals surface area contributed by atoms with Crippen LogP contribution in [0, 0.1) is 0 Å². The van der Waals surface area contributed by atoms with Gasteiger partial charge in [-0.15, -0.1) is 0 Å². The number of amides is 1. The summed E-state index contributed by atoms with van der Waals surface area (Å²) in [7, 11) is -2.87. The molecule has 1 atom stereocenters. The molecule has 64 valence electrons. The lowest BCUT2D eigenvalue weighted by atomic mass is 10.5. The van der Waals surface area contributed by atoms with E-state index in [2.05, 4.69) is 16.4 Å². The average molecular weight is 179 g/mol. The molecule has 1 amide bonds. The summed E-state index contributed by atoms with van der Waals surface area (Å²) in [5.41, 5.74) is 0. The van der Waals surface area contributed by atoms with Crippen molar-refractivity contribution in [2.75, 3.05) is 13.2 Å². The number of hydrogen-bond donors (Lipinski definition) is 2. The highest BCUT2D eigenvalue weighted by molar-refractivity contribution is 7.32. The summed E-state index contributed by atoms with van der Waals surface area (Å²) in [6.07, 6.45) is 1.11. The Morgan fingerprint density at radius 1 is 1.82 bits per heavy atom. The van der Waals surface area contributed by atoms with Gasteiger partial charge < -0.3 is 14.7 Å².